The van der Waals surface area contributed by atoms with Gasteiger partial charge in [-0.25, -0.2) is 5.43 Å². The molecule has 0 atom stereocenters. The predicted molar refractivity (Wildman–Crippen MR) is 49.5 cm³/mol. The number of carbonyl (C=O) groups excluding carboxylic acids is 1. The average molecular weight is 179 g/mol. The van der Waals surface area contributed by atoms with E-state index >= 15 is 0 Å². The van der Waals surface area contributed by atoms with Crippen molar-refractivity contribution in [2.24, 2.45) is 0 Å². The van der Waals surface area contributed by atoms with Crippen LogP contribution in [0.25, 0.3) is 0 Å². The summed E-state index contributed by atoms with van der Waals surface area (Å²) >= 11 is 0. The summed E-state index contributed by atoms with van der Waals surface area (Å²) in [7, 11) is 0. The minimum Gasteiger partial charge on any atom is -0.291 e. The van der Waals surface area contributed by atoms with E-state index in [0.29, 0.717) is 13.0 Å². The molecule has 0 unspecified atom stereocenters. The van der Waals surface area contributed by atoms with Gasteiger partial charge in [0, 0.05) is 25.4 Å². The van der Waals surface area contributed by atoms with Crippen LogP contribution in [0.3, 0.4) is 0 Å². The van der Waals surface area contributed by atoms with Crippen molar-refractivity contribution in [1.82, 2.24) is 15.8 Å². The number of rotatable bonds is 4. The molecule has 0 aliphatic rings. The Balaban J connectivity index is 2.24. The Hall–Kier alpha value is -1.42. The first-order valence-corrected chi connectivity index (χ1v) is 4.23. The highest BCUT2D eigenvalue weighted by molar-refractivity contribution is 5.74. The Kier molecular flexibility index (Phi) is 3.92. The molecule has 0 bridgehead atoms. The van der Waals surface area contributed by atoms with Crippen LogP contribution in [-0.4, -0.2) is 10.9 Å². The molecule has 1 heterocycles. The maximum atomic E-state index is 10.8. The fraction of sp³-hybridized carbons (Fsp3) is 0.333. The maximum absolute atomic E-state index is 10.8. The van der Waals surface area contributed by atoms with E-state index in [-0.39, 0.29) is 5.91 Å². The van der Waals surface area contributed by atoms with Crippen LogP contribution in [0, 0.1) is 0 Å². The minimum absolute atomic E-state index is 0.00550. The smallest absolute Gasteiger partial charge is 0.233 e. The van der Waals surface area contributed by atoms with Crippen molar-refractivity contribution in [3.8, 4) is 0 Å². The number of nitrogens with zero attached hydrogens (tertiary/aromatic N) is 1. The molecule has 2 N–H and O–H groups in total. The summed E-state index contributed by atoms with van der Waals surface area (Å²) in [5.41, 5.74) is 6.49. The second-order valence-corrected chi connectivity index (χ2v) is 2.61. The van der Waals surface area contributed by atoms with Gasteiger partial charge in [-0.3, -0.25) is 15.2 Å². The van der Waals surface area contributed by atoms with Gasteiger partial charge in [0.1, 0.15) is 0 Å². The highest BCUT2D eigenvalue weighted by atomic mass is 16.2. The summed E-state index contributed by atoms with van der Waals surface area (Å²) in [6, 6.07) is 3.79. The van der Waals surface area contributed by atoms with Crippen LogP contribution >= 0.6 is 0 Å². The van der Waals surface area contributed by atoms with Crippen molar-refractivity contribution in [3.63, 3.8) is 0 Å². The Morgan fingerprint density at radius 2 is 2.15 bits per heavy atom. The molecule has 70 valence electrons. The number of nitrogens with one attached hydrogen (secondary N) is 2. The molecule has 4 nitrogen and oxygen atoms in total. The standard InChI is InChI=1S/C9H13N3O/c1-2-9(13)12-11-7-8-3-5-10-6-4-8/h3-6,11H,2,7H2,1H3,(H,12,13). The van der Waals surface area contributed by atoms with E-state index < -0.39 is 0 Å². The molecule has 4 heteroatoms. The van der Waals surface area contributed by atoms with Crippen LogP contribution in [0.4, 0.5) is 0 Å². The summed E-state index contributed by atoms with van der Waals surface area (Å²) in [4.78, 5) is 14.7. The first-order chi connectivity index (χ1) is 6.33. The lowest BCUT2D eigenvalue weighted by atomic mass is 10.3. The molecule has 0 fully saturated rings. The van der Waals surface area contributed by atoms with Gasteiger partial charge in [-0.1, -0.05) is 6.92 Å². The third-order valence-electron chi connectivity index (χ3n) is 1.59. The fourth-order valence-corrected chi connectivity index (χ4v) is 0.834. The predicted octanol–water partition coefficient (Wildman–Crippen LogP) is 0.612. The summed E-state index contributed by atoms with van der Waals surface area (Å²) < 4.78 is 0. The molecule has 1 aromatic heterocycles. The molecular weight excluding hydrogens is 166 g/mol. The quantitative estimate of drug-likeness (QED) is 0.666. The van der Waals surface area contributed by atoms with Gasteiger partial charge in [0.15, 0.2) is 0 Å². The Morgan fingerprint density at radius 1 is 1.46 bits per heavy atom. The lowest BCUT2D eigenvalue weighted by Crippen LogP contribution is -2.36. The van der Waals surface area contributed by atoms with Gasteiger partial charge in [0.05, 0.1) is 0 Å². The van der Waals surface area contributed by atoms with Crippen molar-refractivity contribution in [3.05, 3.63) is 30.1 Å². The Bertz CT molecular complexity index is 261. The molecule has 0 spiro atoms. The van der Waals surface area contributed by atoms with Crippen molar-refractivity contribution in [1.29, 1.82) is 0 Å². The van der Waals surface area contributed by atoms with E-state index in [2.05, 4.69) is 15.8 Å². The van der Waals surface area contributed by atoms with E-state index in [0.717, 1.165) is 5.56 Å². The largest absolute Gasteiger partial charge is 0.291 e. The van der Waals surface area contributed by atoms with Crippen LogP contribution in [-0.2, 0) is 11.3 Å². The zero-order chi connectivity index (χ0) is 9.52. The second kappa shape index (κ2) is 5.27. The maximum Gasteiger partial charge on any atom is 0.233 e. The van der Waals surface area contributed by atoms with Gasteiger partial charge >= 0.3 is 0 Å². The van der Waals surface area contributed by atoms with Crippen molar-refractivity contribution >= 4 is 5.91 Å². The molecular formula is C9H13N3O. The third kappa shape index (κ3) is 3.66. The summed E-state index contributed by atoms with van der Waals surface area (Å²) in [5, 5.41) is 0. The number of carbonyl (C=O) groups is 1. The molecule has 0 saturated heterocycles. The zero-order valence-electron chi connectivity index (χ0n) is 7.58. The first-order valence-electron chi connectivity index (χ1n) is 4.23. The lowest BCUT2D eigenvalue weighted by molar-refractivity contribution is -0.121. The molecule has 1 rings (SSSR count). The summed E-state index contributed by atoms with van der Waals surface area (Å²) in [6.07, 6.45) is 3.93. The van der Waals surface area contributed by atoms with Gasteiger partial charge in [0.25, 0.3) is 0 Å². The molecule has 13 heavy (non-hydrogen) atoms. The van der Waals surface area contributed by atoms with E-state index in [9.17, 15) is 4.79 Å². The Morgan fingerprint density at radius 3 is 2.77 bits per heavy atom. The van der Waals surface area contributed by atoms with Crippen LogP contribution in [0.1, 0.15) is 18.9 Å². The number of hydrogen-bond acceptors (Lipinski definition) is 3. The molecule has 0 saturated carbocycles. The van der Waals surface area contributed by atoms with Gasteiger partial charge in [0.2, 0.25) is 5.91 Å². The van der Waals surface area contributed by atoms with Crippen LogP contribution in [0.5, 0.6) is 0 Å². The van der Waals surface area contributed by atoms with Crippen LogP contribution in [0.2, 0.25) is 0 Å². The summed E-state index contributed by atoms with van der Waals surface area (Å²) in [6.45, 7) is 2.43. The Labute approximate surface area is 77.3 Å². The number of hydrogen-bond donors (Lipinski definition) is 2. The van der Waals surface area contributed by atoms with Crippen LogP contribution in [0.15, 0.2) is 24.5 Å². The average Bonchev–Trinajstić information content (AvgIpc) is 2.19. The minimum atomic E-state index is -0.00550. The third-order valence-corrected chi connectivity index (χ3v) is 1.59. The van der Waals surface area contributed by atoms with Gasteiger partial charge in [-0.05, 0) is 17.7 Å². The van der Waals surface area contributed by atoms with E-state index in [1.165, 1.54) is 0 Å². The first kappa shape index (κ1) is 9.67. The van der Waals surface area contributed by atoms with E-state index in [4.69, 9.17) is 0 Å². The number of amides is 1. The molecule has 0 aliphatic carbocycles. The molecule has 0 aliphatic heterocycles. The van der Waals surface area contributed by atoms with Crippen molar-refractivity contribution < 1.29 is 4.79 Å². The lowest BCUT2D eigenvalue weighted by Gasteiger charge is -2.04. The monoisotopic (exact) mass is 179 g/mol. The van der Waals surface area contributed by atoms with Gasteiger partial charge < -0.3 is 0 Å². The van der Waals surface area contributed by atoms with Crippen molar-refractivity contribution in [2.75, 3.05) is 0 Å². The molecule has 0 aromatic carbocycles. The number of pyridine rings is 1. The molecule has 1 amide bonds. The van der Waals surface area contributed by atoms with Crippen molar-refractivity contribution in [2.45, 2.75) is 19.9 Å². The number of aromatic nitrogens is 1. The van der Waals surface area contributed by atoms with Gasteiger partial charge in [-0.2, -0.15) is 0 Å². The normalized spacial score (nSPS) is 9.62. The molecule has 0 radical (unpaired) electrons. The van der Waals surface area contributed by atoms with Crippen LogP contribution < -0.4 is 10.9 Å². The topological polar surface area (TPSA) is 54.0 Å². The highest BCUT2D eigenvalue weighted by Crippen LogP contribution is 1.93. The second-order valence-electron chi connectivity index (χ2n) is 2.61. The van der Waals surface area contributed by atoms with E-state index in [1.807, 2.05) is 19.1 Å². The number of hydrazine groups is 1. The summed E-state index contributed by atoms with van der Waals surface area (Å²) in [5.74, 6) is -0.00550. The fourth-order valence-electron chi connectivity index (χ4n) is 0.834. The SMILES string of the molecule is CCC(=O)NNCc1ccncc1. The molecule has 1 aromatic rings. The van der Waals surface area contributed by atoms with Gasteiger partial charge in [-0.15, -0.1) is 0 Å². The zero-order valence-corrected chi connectivity index (χ0v) is 7.58. The highest BCUT2D eigenvalue weighted by Gasteiger charge is 1.94. The van der Waals surface area contributed by atoms with E-state index in [1.54, 1.807) is 12.4 Å².